The Labute approximate surface area is 249 Å². The molecule has 2 aliphatic rings. The number of aryl methyl sites for hydroxylation is 3. The van der Waals surface area contributed by atoms with Gasteiger partial charge in [0.25, 0.3) is 11.8 Å². The second-order valence-electron chi connectivity index (χ2n) is 11.8. The van der Waals surface area contributed by atoms with Gasteiger partial charge in [-0.2, -0.15) is 5.10 Å². The Morgan fingerprint density at radius 3 is 2.65 bits per heavy atom. The number of carbonyl (C=O) groups excluding carboxylic acids is 4. The largest absolute Gasteiger partial charge is 0.355 e. The van der Waals surface area contributed by atoms with E-state index in [1.807, 2.05) is 33.8 Å². The number of fused-ring (bicyclic) bond motifs is 4. The molecule has 11 nitrogen and oxygen atoms in total. The lowest BCUT2D eigenvalue weighted by molar-refractivity contribution is -0.126. The van der Waals surface area contributed by atoms with Crippen LogP contribution >= 0.6 is 0 Å². The normalized spacial score (nSPS) is 20.7. The van der Waals surface area contributed by atoms with Crippen LogP contribution < -0.4 is 10.6 Å². The standard InChI is InChI=1S/C31H38FN7O4/c1-18(2)25-16-37(31(43)24-15-27-34-19(3)13-20(4)39(27)36-24)17-28(40)33-11-5-7-21-9-10-23(32)22(14-21)30(42)38-12-6-8-26(38)29(41)35-25/h9-10,13-15,18,25-26H,5-8,11-12,16-17H2,1-4H3,(H,33,40)(H,35,41)/t25-,26-/m0/s1. The lowest BCUT2D eigenvalue weighted by atomic mass is 10.0. The van der Waals surface area contributed by atoms with Crippen LogP contribution in [0, 0.1) is 25.6 Å². The first-order valence-corrected chi connectivity index (χ1v) is 14.8. The molecule has 2 aliphatic heterocycles. The van der Waals surface area contributed by atoms with Gasteiger partial charge in [0.2, 0.25) is 11.8 Å². The summed E-state index contributed by atoms with van der Waals surface area (Å²) in [5.41, 5.74) is 2.97. The maximum absolute atomic E-state index is 14.8. The van der Waals surface area contributed by atoms with E-state index in [0.29, 0.717) is 44.4 Å². The minimum Gasteiger partial charge on any atom is -0.355 e. The highest BCUT2D eigenvalue weighted by Gasteiger charge is 2.37. The number of hydrogen-bond donors (Lipinski definition) is 2. The zero-order chi connectivity index (χ0) is 30.8. The molecule has 1 aromatic carbocycles. The molecule has 3 aromatic rings. The molecule has 0 spiro atoms. The molecule has 43 heavy (non-hydrogen) atoms. The summed E-state index contributed by atoms with van der Waals surface area (Å²) in [7, 11) is 0. The lowest BCUT2D eigenvalue weighted by Gasteiger charge is -2.32. The summed E-state index contributed by atoms with van der Waals surface area (Å²) in [6.07, 6.45) is 2.12. The predicted molar refractivity (Wildman–Crippen MR) is 157 cm³/mol. The second kappa shape index (κ2) is 12.5. The van der Waals surface area contributed by atoms with E-state index in [-0.39, 0.29) is 42.1 Å². The Morgan fingerprint density at radius 2 is 1.88 bits per heavy atom. The van der Waals surface area contributed by atoms with Crippen LogP contribution in [-0.2, 0) is 16.0 Å². The van der Waals surface area contributed by atoms with Gasteiger partial charge in [-0.25, -0.2) is 13.9 Å². The summed E-state index contributed by atoms with van der Waals surface area (Å²) in [5, 5.41) is 10.4. The number of benzene rings is 1. The monoisotopic (exact) mass is 591 g/mol. The van der Waals surface area contributed by atoms with Crippen molar-refractivity contribution in [1.29, 1.82) is 0 Å². The predicted octanol–water partition coefficient (Wildman–Crippen LogP) is 2.44. The molecule has 12 heteroatoms. The Hall–Kier alpha value is -4.35. The summed E-state index contributed by atoms with van der Waals surface area (Å²) in [5.74, 6) is -2.44. The van der Waals surface area contributed by atoms with E-state index in [1.54, 1.807) is 16.6 Å². The maximum Gasteiger partial charge on any atom is 0.274 e. The van der Waals surface area contributed by atoms with Crippen molar-refractivity contribution in [3.63, 3.8) is 0 Å². The molecular formula is C31H38FN7O4. The molecule has 2 aromatic heterocycles. The van der Waals surface area contributed by atoms with Crippen LogP contribution in [0.1, 0.15) is 70.9 Å². The van der Waals surface area contributed by atoms with Crippen LogP contribution in [-0.4, -0.2) is 86.3 Å². The van der Waals surface area contributed by atoms with Crippen molar-refractivity contribution in [3.8, 4) is 0 Å². The van der Waals surface area contributed by atoms with Crippen LogP contribution in [0.4, 0.5) is 4.39 Å². The minimum atomic E-state index is -0.768. The first-order valence-electron chi connectivity index (χ1n) is 14.8. The average molecular weight is 592 g/mol. The topological polar surface area (TPSA) is 129 Å². The zero-order valence-corrected chi connectivity index (χ0v) is 25.0. The van der Waals surface area contributed by atoms with Gasteiger partial charge in [0.1, 0.15) is 11.9 Å². The highest BCUT2D eigenvalue weighted by atomic mass is 19.1. The highest BCUT2D eigenvalue weighted by Crippen LogP contribution is 2.24. The van der Waals surface area contributed by atoms with Crippen molar-refractivity contribution >= 4 is 29.3 Å². The SMILES string of the molecule is Cc1cc(C)n2nc(C(=O)N3CC(=O)NCCCc4ccc(F)c(c4)C(=O)N4CCC[C@H]4C(=O)N[C@H](C(C)C)C3)cc2n1. The molecule has 1 saturated heterocycles. The first-order chi connectivity index (χ1) is 20.5. The van der Waals surface area contributed by atoms with Gasteiger partial charge in [0.15, 0.2) is 11.3 Å². The molecule has 0 saturated carbocycles. The summed E-state index contributed by atoms with van der Waals surface area (Å²) in [6.45, 7) is 8.05. The van der Waals surface area contributed by atoms with Gasteiger partial charge in [-0.1, -0.05) is 19.9 Å². The van der Waals surface area contributed by atoms with Crippen molar-refractivity contribution in [1.82, 2.24) is 35.0 Å². The number of nitrogens with one attached hydrogen (secondary N) is 2. The minimum absolute atomic E-state index is 0.0467. The van der Waals surface area contributed by atoms with E-state index in [4.69, 9.17) is 0 Å². The van der Waals surface area contributed by atoms with E-state index in [0.717, 1.165) is 17.0 Å². The molecule has 228 valence electrons. The molecule has 0 radical (unpaired) electrons. The number of aromatic nitrogens is 3. The third kappa shape index (κ3) is 6.52. The molecule has 4 heterocycles. The highest BCUT2D eigenvalue weighted by molar-refractivity contribution is 5.98. The lowest BCUT2D eigenvalue weighted by Crippen LogP contribution is -2.55. The quantitative estimate of drug-likeness (QED) is 0.471. The van der Waals surface area contributed by atoms with Gasteiger partial charge in [-0.05, 0) is 69.2 Å². The van der Waals surface area contributed by atoms with Crippen molar-refractivity contribution in [2.45, 2.75) is 65.5 Å². The Morgan fingerprint density at radius 1 is 1.09 bits per heavy atom. The fourth-order valence-corrected chi connectivity index (χ4v) is 5.79. The number of hydrogen-bond acceptors (Lipinski definition) is 6. The van der Waals surface area contributed by atoms with Crippen molar-refractivity contribution in [2.75, 3.05) is 26.2 Å². The van der Waals surface area contributed by atoms with Gasteiger partial charge >= 0.3 is 0 Å². The third-order valence-electron chi connectivity index (χ3n) is 8.17. The Balaban J connectivity index is 1.46. The molecule has 2 atom stereocenters. The Bertz CT molecular complexity index is 1570. The fourth-order valence-electron chi connectivity index (χ4n) is 5.79. The van der Waals surface area contributed by atoms with Crippen LogP contribution in [0.3, 0.4) is 0 Å². The Kier molecular flexibility index (Phi) is 8.74. The first kappa shape index (κ1) is 30.1. The van der Waals surface area contributed by atoms with Crippen LogP contribution in [0.5, 0.6) is 0 Å². The van der Waals surface area contributed by atoms with Crippen LogP contribution in [0.15, 0.2) is 30.3 Å². The van der Waals surface area contributed by atoms with E-state index < -0.39 is 29.7 Å². The molecule has 4 amide bonds. The van der Waals surface area contributed by atoms with Crippen molar-refractivity contribution in [3.05, 3.63) is 64.4 Å². The molecule has 0 unspecified atom stereocenters. The average Bonchev–Trinajstić information content (AvgIpc) is 3.62. The molecular weight excluding hydrogens is 553 g/mol. The number of rotatable bonds is 2. The van der Waals surface area contributed by atoms with E-state index in [9.17, 15) is 23.6 Å². The van der Waals surface area contributed by atoms with Crippen molar-refractivity contribution < 1.29 is 23.6 Å². The van der Waals surface area contributed by atoms with Gasteiger partial charge in [-0.15, -0.1) is 0 Å². The zero-order valence-electron chi connectivity index (χ0n) is 25.0. The van der Waals surface area contributed by atoms with Crippen LogP contribution in [0.25, 0.3) is 5.65 Å². The van der Waals surface area contributed by atoms with E-state index in [1.165, 1.54) is 21.9 Å². The maximum atomic E-state index is 14.8. The molecule has 5 rings (SSSR count). The van der Waals surface area contributed by atoms with E-state index >= 15 is 0 Å². The molecule has 2 bridgehead atoms. The number of nitrogens with zero attached hydrogens (tertiary/aromatic N) is 5. The van der Waals surface area contributed by atoms with Gasteiger partial charge in [0, 0.05) is 43.1 Å². The summed E-state index contributed by atoms with van der Waals surface area (Å²) >= 11 is 0. The number of carbonyl (C=O) groups is 4. The van der Waals surface area contributed by atoms with Gasteiger partial charge < -0.3 is 20.4 Å². The van der Waals surface area contributed by atoms with Crippen molar-refractivity contribution in [2.24, 2.45) is 5.92 Å². The van der Waals surface area contributed by atoms with Crippen LogP contribution in [0.2, 0.25) is 0 Å². The van der Waals surface area contributed by atoms with E-state index in [2.05, 4.69) is 20.7 Å². The molecule has 2 N–H and O–H groups in total. The summed E-state index contributed by atoms with van der Waals surface area (Å²) in [6, 6.07) is 6.60. The smallest absolute Gasteiger partial charge is 0.274 e. The van der Waals surface area contributed by atoms with Gasteiger partial charge in [0.05, 0.1) is 12.1 Å². The number of halogens is 1. The molecule has 1 fully saturated rings. The van der Waals surface area contributed by atoms with Gasteiger partial charge in [-0.3, -0.25) is 19.2 Å². The number of amides is 4. The molecule has 0 aliphatic carbocycles. The summed E-state index contributed by atoms with van der Waals surface area (Å²) < 4.78 is 16.4. The second-order valence-corrected chi connectivity index (χ2v) is 11.8. The summed E-state index contributed by atoms with van der Waals surface area (Å²) in [4.78, 5) is 61.3. The third-order valence-corrected chi connectivity index (χ3v) is 8.17. The fraction of sp³-hybridized carbons (Fsp3) is 0.484.